The quantitative estimate of drug-likeness (QED) is 0.911. The summed E-state index contributed by atoms with van der Waals surface area (Å²) in [6, 6.07) is 8.00. The maximum atomic E-state index is 12.0. The van der Waals surface area contributed by atoms with Gasteiger partial charge in [0.15, 0.2) is 0 Å². The van der Waals surface area contributed by atoms with Crippen LogP contribution in [0.1, 0.15) is 10.9 Å². The van der Waals surface area contributed by atoms with Gasteiger partial charge in [0.1, 0.15) is 11.8 Å². The first-order chi connectivity index (χ1) is 9.11. The lowest BCUT2D eigenvalue weighted by atomic mass is 10.2. The van der Waals surface area contributed by atoms with E-state index >= 15 is 0 Å². The molecule has 1 heterocycles. The summed E-state index contributed by atoms with van der Waals surface area (Å²) in [5, 5.41) is 5.02. The number of benzene rings is 1. The molecular formula is C13H13ClN2O2S. The smallest absolute Gasteiger partial charge is 0.246 e. The molecule has 4 nitrogen and oxygen atoms in total. The first-order valence-electron chi connectivity index (χ1n) is 5.55. The largest absolute Gasteiger partial charge is 0.497 e. The number of amides is 1. The van der Waals surface area contributed by atoms with Gasteiger partial charge in [-0.3, -0.25) is 4.79 Å². The fraction of sp³-hybridized carbons (Fsp3) is 0.154. The summed E-state index contributed by atoms with van der Waals surface area (Å²) >= 11 is 7.46. The topological polar surface area (TPSA) is 64.3 Å². The van der Waals surface area contributed by atoms with E-state index in [9.17, 15) is 4.79 Å². The van der Waals surface area contributed by atoms with E-state index in [1.807, 2.05) is 17.5 Å². The number of halogens is 1. The number of ether oxygens (including phenoxy) is 1. The zero-order chi connectivity index (χ0) is 13.8. The van der Waals surface area contributed by atoms with Gasteiger partial charge in [0.2, 0.25) is 5.91 Å². The summed E-state index contributed by atoms with van der Waals surface area (Å²) in [5.41, 5.74) is 6.36. The molecule has 100 valence electrons. The van der Waals surface area contributed by atoms with Crippen molar-refractivity contribution in [3.05, 3.63) is 45.6 Å². The standard InChI is InChI=1S/C13H13ClN2O2S/c1-18-8-4-5-9(14)10(7-8)16-13(17)12(15)11-3-2-6-19-11/h2-7,12H,15H2,1H3,(H,16,17). The van der Waals surface area contributed by atoms with Crippen LogP contribution in [0.2, 0.25) is 5.02 Å². The Morgan fingerprint density at radius 3 is 2.89 bits per heavy atom. The Balaban J connectivity index is 2.14. The predicted molar refractivity (Wildman–Crippen MR) is 77.9 cm³/mol. The van der Waals surface area contributed by atoms with E-state index in [0.717, 1.165) is 4.88 Å². The number of nitrogens with two attached hydrogens (primary N) is 1. The number of anilines is 1. The molecule has 2 rings (SSSR count). The maximum absolute atomic E-state index is 12.0. The number of rotatable bonds is 4. The highest BCUT2D eigenvalue weighted by Gasteiger charge is 2.18. The highest BCUT2D eigenvalue weighted by molar-refractivity contribution is 7.10. The molecule has 0 bridgehead atoms. The van der Waals surface area contributed by atoms with Crippen molar-refractivity contribution in [1.29, 1.82) is 0 Å². The molecule has 3 N–H and O–H groups in total. The van der Waals surface area contributed by atoms with E-state index in [-0.39, 0.29) is 5.91 Å². The summed E-state index contributed by atoms with van der Waals surface area (Å²) in [6.45, 7) is 0. The lowest BCUT2D eigenvalue weighted by molar-refractivity contribution is -0.117. The van der Waals surface area contributed by atoms with Gasteiger partial charge in [-0.25, -0.2) is 0 Å². The normalized spacial score (nSPS) is 11.9. The molecule has 0 saturated carbocycles. The van der Waals surface area contributed by atoms with Crippen LogP contribution >= 0.6 is 22.9 Å². The summed E-state index contributed by atoms with van der Waals surface area (Å²) in [4.78, 5) is 12.8. The van der Waals surface area contributed by atoms with E-state index in [1.165, 1.54) is 11.3 Å². The monoisotopic (exact) mass is 296 g/mol. The number of nitrogens with one attached hydrogen (secondary N) is 1. The van der Waals surface area contributed by atoms with Gasteiger partial charge in [0.05, 0.1) is 17.8 Å². The van der Waals surface area contributed by atoms with Crippen molar-refractivity contribution >= 4 is 34.5 Å². The average molecular weight is 297 g/mol. The molecule has 0 aliphatic rings. The Hall–Kier alpha value is -1.56. The Morgan fingerprint density at radius 1 is 1.47 bits per heavy atom. The highest BCUT2D eigenvalue weighted by atomic mass is 35.5. The Kier molecular flexibility index (Phi) is 4.42. The molecule has 0 aliphatic heterocycles. The molecule has 0 radical (unpaired) electrons. The minimum atomic E-state index is -0.706. The lowest BCUT2D eigenvalue weighted by Gasteiger charge is -2.12. The van der Waals surface area contributed by atoms with Crippen molar-refractivity contribution in [3.63, 3.8) is 0 Å². The summed E-state index contributed by atoms with van der Waals surface area (Å²) in [6.07, 6.45) is 0. The van der Waals surface area contributed by atoms with Gasteiger partial charge in [0.25, 0.3) is 0 Å². The Labute approximate surface area is 120 Å². The Bertz CT molecular complexity index is 572. The second-order valence-corrected chi connectivity index (χ2v) is 5.21. The van der Waals surface area contributed by atoms with Gasteiger partial charge in [-0.1, -0.05) is 17.7 Å². The molecule has 1 aromatic heterocycles. The van der Waals surface area contributed by atoms with Crippen molar-refractivity contribution in [2.45, 2.75) is 6.04 Å². The van der Waals surface area contributed by atoms with Crippen LogP contribution in [0.15, 0.2) is 35.7 Å². The van der Waals surface area contributed by atoms with Crippen molar-refractivity contribution in [2.75, 3.05) is 12.4 Å². The van der Waals surface area contributed by atoms with Crippen molar-refractivity contribution in [1.82, 2.24) is 0 Å². The van der Waals surface area contributed by atoms with Crippen LogP contribution in [0, 0.1) is 0 Å². The molecule has 1 aromatic carbocycles. The van der Waals surface area contributed by atoms with Crippen LogP contribution in [0.3, 0.4) is 0 Å². The minimum Gasteiger partial charge on any atom is -0.497 e. The van der Waals surface area contributed by atoms with E-state index in [0.29, 0.717) is 16.5 Å². The molecule has 0 saturated heterocycles. The second-order valence-electron chi connectivity index (χ2n) is 3.83. The fourth-order valence-electron chi connectivity index (χ4n) is 1.54. The van der Waals surface area contributed by atoms with Gasteiger partial charge in [-0.05, 0) is 23.6 Å². The minimum absolute atomic E-state index is 0.308. The summed E-state index contributed by atoms with van der Waals surface area (Å²) in [7, 11) is 1.55. The van der Waals surface area contributed by atoms with E-state index in [2.05, 4.69) is 5.32 Å². The third-order valence-electron chi connectivity index (χ3n) is 2.56. The van der Waals surface area contributed by atoms with Crippen molar-refractivity contribution in [2.24, 2.45) is 5.73 Å². The maximum Gasteiger partial charge on any atom is 0.246 e. The van der Waals surface area contributed by atoms with E-state index < -0.39 is 6.04 Å². The van der Waals surface area contributed by atoms with Crippen LogP contribution in [0.25, 0.3) is 0 Å². The van der Waals surface area contributed by atoms with Gasteiger partial charge < -0.3 is 15.8 Å². The van der Waals surface area contributed by atoms with Crippen molar-refractivity contribution in [3.8, 4) is 5.75 Å². The second kappa shape index (κ2) is 6.06. The molecule has 6 heteroatoms. The van der Waals surface area contributed by atoms with Gasteiger partial charge in [-0.15, -0.1) is 11.3 Å². The molecule has 1 atom stereocenters. The predicted octanol–water partition coefficient (Wildman–Crippen LogP) is 3.05. The molecule has 2 aromatic rings. The van der Waals surface area contributed by atoms with Crippen LogP contribution in [0.4, 0.5) is 5.69 Å². The highest BCUT2D eigenvalue weighted by Crippen LogP contribution is 2.28. The summed E-state index contributed by atoms with van der Waals surface area (Å²) < 4.78 is 5.09. The molecule has 19 heavy (non-hydrogen) atoms. The fourth-order valence-corrected chi connectivity index (χ4v) is 2.42. The van der Waals surface area contributed by atoms with Crippen LogP contribution < -0.4 is 15.8 Å². The van der Waals surface area contributed by atoms with Crippen LogP contribution in [0.5, 0.6) is 5.75 Å². The third kappa shape index (κ3) is 3.26. The molecule has 1 unspecified atom stereocenters. The number of carbonyl (C=O) groups excluding carboxylic acids is 1. The van der Waals surface area contributed by atoms with Gasteiger partial charge in [0, 0.05) is 10.9 Å². The van der Waals surface area contributed by atoms with Crippen molar-refractivity contribution < 1.29 is 9.53 Å². The first kappa shape index (κ1) is 13.9. The summed E-state index contributed by atoms with van der Waals surface area (Å²) in [5.74, 6) is 0.307. The Morgan fingerprint density at radius 2 is 2.26 bits per heavy atom. The van der Waals surface area contributed by atoms with E-state index in [1.54, 1.807) is 25.3 Å². The SMILES string of the molecule is COc1ccc(Cl)c(NC(=O)C(N)c2cccs2)c1. The number of thiophene rings is 1. The lowest BCUT2D eigenvalue weighted by Crippen LogP contribution is -2.27. The van der Waals surface area contributed by atoms with Gasteiger partial charge >= 0.3 is 0 Å². The molecule has 1 amide bonds. The number of carbonyl (C=O) groups is 1. The average Bonchev–Trinajstić information content (AvgIpc) is 2.94. The zero-order valence-electron chi connectivity index (χ0n) is 10.2. The third-order valence-corrected chi connectivity index (χ3v) is 3.85. The molecule has 0 aliphatic carbocycles. The number of methoxy groups -OCH3 is 1. The molecule has 0 fully saturated rings. The molecule has 0 spiro atoms. The van der Waals surface area contributed by atoms with Crippen LogP contribution in [-0.4, -0.2) is 13.0 Å². The zero-order valence-corrected chi connectivity index (χ0v) is 11.8. The number of hydrogen-bond donors (Lipinski definition) is 2. The molecular weight excluding hydrogens is 284 g/mol. The van der Waals surface area contributed by atoms with Crippen LogP contribution in [-0.2, 0) is 4.79 Å². The number of hydrogen-bond acceptors (Lipinski definition) is 4. The van der Waals surface area contributed by atoms with E-state index in [4.69, 9.17) is 22.1 Å². The first-order valence-corrected chi connectivity index (χ1v) is 6.81. The van der Waals surface area contributed by atoms with Gasteiger partial charge in [-0.2, -0.15) is 0 Å².